The number of carbonyl (C=O) groups is 1. The fourth-order valence-electron chi connectivity index (χ4n) is 2.97. The normalized spacial score (nSPS) is 14.0. The number of rotatable bonds is 7. The summed E-state index contributed by atoms with van der Waals surface area (Å²) in [5, 5.41) is 6.28. The van der Waals surface area contributed by atoms with E-state index in [-0.39, 0.29) is 5.91 Å². The number of nitrogens with zero attached hydrogens (tertiary/aromatic N) is 1. The predicted molar refractivity (Wildman–Crippen MR) is 104 cm³/mol. The highest BCUT2D eigenvalue weighted by Gasteiger charge is 2.15. The Balaban J connectivity index is 1.55. The van der Waals surface area contributed by atoms with Crippen molar-refractivity contribution in [2.75, 3.05) is 55.5 Å². The van der Waals surface area contributed by atoms with E-state index < -0.39 is 0 Å². The van der Waals surface area contributed by atoms with E-state index in [9.17, 15) is 4.79 Å². The van der Waals surface area contributed by atoms with Crippen molar-refractivity contribution >= 4 is 23.0 Å². The molecule has 1 aliphatic rings. The molecule has 6 heteroatoms. The molecule has 3 rings (SSSR count). The SMILES string of the molecule is COc1ccccc1NCCC(=O)Nc1ccccc1N1CCOCC1. The van der Waals surface area contributed by atoms with E-state index in [1.165, 1.54) is 0 Å². The second-order valence-electron chi connectivity index (χ2n) is 6.04. The average Bonchev–Trinajstić information content (AvgIpc) is 2.69. The molecule has 0 saturated carbocycles. The van der Waals surface area contributed by atoms with Gasteiger partial charge in [0.15, 0.2) is 0 Å². The first-order chi connectivity index (χ1) is 12.8. The van der Waals surface area contributed by atoms with Crippen LogP contribution in [0.25, 0.3) is 0 Å². The van der Waals surface area contributed by atoms with Gasteiger partial charge in [0.1, 0.15) is 5.75 Å². The van der Waals surface area contributed by atoms with E-state index >= 15 is 0 Å². The van der Waals surface area contributed by atoms with E-state index in [1.54, 1.807) is 7.11 Å². The number of para-hydroxylation sites is 4. The second-order valence-corrected chi connectivity index (χ2v) is 6.04. The quantitative estimate of drug-likeness (QED) is 0.799. The maximum Gasteiger partial charge on any atom is 0.226 e. The van der Waals surface area contributed by atoms with E-state index in [1.807, 2.05) is 48.5 Å². The Morgan fingerprint density at radius 1 is 1.08 bits per heavy atom. The van der Waals surface area contributed by atoms with Gasteiger partial charge >= 0.3 is 0 Å². The Labute approximate surface area is 154 Å². The van der Waals surface area contributed by atoms with Gasteiger partial charge in [0.25, 0.3) is 0 Å². The van der Waals surface area contributed by atoms with Crippen LogP contribution in [0.3, 0.4) is 0 Å². The number of carbonyl (C=O) groups excluding carboxylic acids is 1. The Morgan fingerprint density at radius 2 is 1.77 bits per heavy atom. The molecular formula is C20H25N3O3. The lowest BCUT2D eigenvalue weighted by Crippen LogP contribution is -2.36. The fourth-order valence-corrected chi connectivity index (χ4v) is 2.97. The largest absolute Gasteiger partial charge is 0.495 e. The van der Waals surface area contributed by atoms with E-state index in [4.69, 9.17) is 9.47 Å². The van der Waals surface area contributed by atoms with Gasteiger partial charge in [-0.2, -0.15) is 0 Å². The molecule has 1 saturated heterocycles. The van der Waals surface area contributed by atoms with Crippen LogP contribution in [-0.4, -0.2) is 45.9 Å². The summed E-state index contributed by atoms with van der Waals surface area (Å²) in [6.45, 7) is 3.63. The molecule has 26 heavy (non-hydrogen) atoms. The third-order valence-electron chi connectivity index (χ3n) is 4.30. The van der Waals surface area contributed by atoms with Crippen LogP contribution < -0.4 is 20.3 Å². The summed E-state index contributed by atoms with van der Waals surface area (Å²) < 4.78 is 10.7. The smallest absolute Gasteiger partial charge is 0.226 e. The number of amides is 1. The molecule has 0 atom stereocenters. The predicted octanol–water partition coefficient (Wildman–Crippen LogP) is 2.97. The summed E-state index contributed by atoms with van der Waals surface area (Å²) in [6, 6.07) is 15.6. The highest BCUT2D eigenvalue weighted by atomic mass is 16.5. The van der Waals surface area contributed by atoms with Crippen molar-refractivity contribution in [3.05, 3.63) is 48.5 Å². The summed E-state index contributed by atoms with van der Waals surface area (Å²) >= 11 is 0. The zero-order chi connectivity index (χ0) is 18.2. The number of benzene rings is 2. The minimum atomic E-state index is -0.0203. The third-order valence-corrected chi connectivity index (χ3v) is 4.30. The van der Waals surface area contributed by atoms with E-state index in [0.717, 1.165) is 35.9 Å². The summed E-state index contributed by atoms with van der Waals surface area (Å²) in [5.41, 5.74) is 2.77. The van der Waals surface area contributed by atoms with Gasteiger partial charge in [-0.25, -0.2) is 0 Å². The second kappa shape index (κ2) is 9.10. The molecule has 2 aromatic rings. The highest BCUT2D eigenvalue weighted by Crippen LogP contribution is 2.26. The molecule has 2 aromatic carbocycles. The van der Waals surface area contributed by atoms with E-state index in [0.29, 0.717) is 26.2 Å². The van der Waals surface area contributed by atoms with Crippen LogP contribution >= 0.6 is 0 Å². The minimum absolute atomic E-state index is 0.0203. The van der Waals surface area contributed by atoms with Crippen LogP contribution in [-0.2, 0) is 9.53 Å². The van der Waals surface area contributed by atoms with Crippen LogP contribution in [0.1, 0.15) is 6.42 Å². The van der Waals surface area contributed by atoms with Gasteiger partial charge in [-0.3, -0.25) is 4.79 Å². The molecule has 1 aliphatic heterocycles. The number of morpholine rings is 1. The molecule has 0 aromatic heterocycles. The third kappa shape index (κ3) is 4.67. The number of hydrogen-bond acceptors (Lipinski definition) is 5. The van der Waals surface area contributed by atoms with Crippen molar-refractivity contribution in [2.24, 2.45) is 0 Å². The molecule has 1 fully saturated rings. The van der Waals surface area contributed by atoms with Crippen LogP contribution in [0.5, 0.6) is 5.75 Å². The molecule has 138 valence electrons. The van der Waals surface area contributed by atoms with Gasteiger partial charge in [0, 0.05) is 26.1 Å². The Kier molecular flexibility index (Phi) is 6.33. The van der Waals surface area contributed by atoms with Crippen LogP contribution in [0.15, 0.2) is 48.5 Å². The maximum atomic E-state index is 12.4. The first-order valence-corrected chi connectivity index (χ1v) is 8.86. The van der Waals surface area contributed by atoms with Crippen LogP contribution in [0.4, 0.5) is 17.1 Å². The minimum Gasteiger partial charge on any atom is -0.495 e. The number of nitrogens with one attached hydrogen (secondary N) is 2. The monoisotopic (exact) mass is 355 g/mol. The molecule has 0 radical (unpaired) electrons. The number of anilines is 3. The zero-order valence-corrected chi connectivity index (χ0v) is 15.0. The lowest BCUT2D eigenvalue weighted by molar-refractivity contribution is -0.115. The summed E-state index contributed by atoms with van der Waals surface area (Å²) in [5.74, 6) is 0.749. The van der Waals surface area contributed by atoms with Crippen LogP contribution in [0.2, 0.25) is 0 Å². The lowest BCUT2D eigenvalue weighted by atomic mass is 10.2. The van der Waals surface area contributed by atoms with Crippen LogP contribution in [0, 0.1) is 0 Å². The molecule has 6 nitrogen and oxygen atoms in total. The molecular weight excluding hydrogens is 330 g/mol. The first-order valence-electron chi connectivity index (χ1n) is 8.86. The fraction of sp³-hybridized carbons (Fsp3) is 0.350. The number of methoxy groups -OCH3 is 1. The van der Waals surface area contributed by atoms with Gasteiger partial charge in [-0.15, -0.1) is 0 Å². The molecule has 0 spiro atoms. The molecule has 0 aliphatic carbocycles. The maximum absolute atomic E-state index is 12.4. The molecule has 1 heterocycles. The topological polar surface area (TPSA) is 62.8 Å². The molecule has 1 amide bonds. The van der Waals surface area contributed by atoms with E-state index in [2.05, 4.69) is 15.5 Å². The van der Waals surface area contributed by atoms with Gasteiger partial charge in [0.05, 0.1) is 37.4 Å². The van der Waals surface area contributed by atoms with Crippen molar-refractivity contribution in [2.45, 2.75) is 6.42 Å². The molecule has 2 N–H and O–H groups in total. The lowest BCUT2D eigenvalue weighted by Gasteiger charge is -2.30. The Morgan fingerprint density at radius 3 is 2.54 bits per heavy atom. The molecule has 0 bridgehead atoms. The summed E-state index contributed by atoms with van der Waals surface area (Å²) in [7, 11) is 1.63. The van der Waals surface area contributed by atoms with Crippen molar-refractivity contribution < 1.29 is 14.3 Å². The average molecular weight is 355 g/mol. The molecule has 0 unspecified atom stereocenters. The van der Waals surface area contributed by atoms with Crippen molar-refractivity contribution in [3.8, 4) is 5.75 Å². The Hall–Kier alpha value is -2.73. The first kappa shape index (κ1) is 18.1. The zero-order valence-electron chi connectivity index (χ0n) is 15.0. The highest BCUT2D eigenvalue weighted by molar-refractivity contribution is 5.94. The standard InChI is InChI=1S/C20H25N3O3/c1-25-19-9-5-3-7-17(19)21-11-10-20(24)22-16-6-2-4-8-18(16)23-12-14-26-15-13-23/h2-9,21H,10-15H2,1H3,(H,22,24). The van der Waals surface area contributed by atoms with Gasteiger partial charge in [-0.1, -0.05) is 24.3 Å². The van der Waals surface area contributed by atoms with Gasteiger partial charge in [-0.05, 0) is 24.3 Å². The van der Waals surface area contributed by atoms with Crippen molar-refractivity contribution in [1.82, 2.24) is 0 Å². The summed E-state index contributed by atoms with van der Waals surface area (Å²) in [4.78, 5) is 14.6. The Bertz CT molecular complexity index is 730. The van der Waals surface area contributed by atoms with Gasteiger partial charge in [0.2, 0.25) is 5.91 Å². The number of ether oxygens (including phenoxy) is 2. The number of hydrogen-bond donors (Lipinski definition) is 2. The van der Waals surface area contributed by atoms with Crippen molar-refractivity contribution in [1.29, 1.82) is 0 Å². The summed E-state index contributed by atoms with van der Waals surface area (Å²) in [6.07, 6.45) is 0.371. The van der Waals surface area contributed by atoms with Gasteiger partial charge < -0.3 is 25.0 Å². The van der Waals surface area contributed by atoms with Crippen molar-refractivity contribution in [3.63, 3.8) is 0 Å².